The maximum Gasteiger partial charge on any atom is 0.303 e. The number of nitrogens with one attached hydrogen (secondary N) is 1. The molecule has 2 aromatic rings. The van der Waals surface area contributed by atoms with Gasteiger partial charge in [0.15, 0.2) is 0 Å². The lowest BCUT2D eigenvalue weighted by atomic mass is 10.1. The highest BCUT2D eigenvalue weighted by atomic mass is 32.2. The number of benzene rings is 1. The molecule has 2 N–H and O–H groups in total. The number of aliphatic carboxylic acids is 1. The highest BCUT2D eigenvalue weighted by Crippen LogP contribution is 2.28. The molecule has 7 heteroatoms. The molecule has 0 atom stereocenters. The van der Waals surface area contributed by atoms with Gasteiger partial charge in [-0.3, -0.25) is 19.7 Å². The van der Waals surface area contributed by atoms with E-state index in [2.05, 4.69) is 5.32 Å². The van der Waals surface area contributed by atoms with Crippen LogP contribution in [0.25, 0.3) is 17.0 Å². The Kier molecular flexibility index (Phi) is 3.72. The molecule has 112 valence electrons. The molecule has 6 nitrogen and oxygen atoms in total. The van der Waals surface area contributed by atoms with Crippen molar-refractivity contribution < 1.29 is 23.9 Å². The molecule has 1 aliphatic rings. The van der Waals surface area contributed by atoms with E-state index in [1.807, 2.05) is 6.07 Å². The van der Waals surface area contributed by atoms with Crippen LogP contribution in [0.1, 0.15) is 17.5 Å². The summed E-state index contributed by atoms with van der Waals surface area (Å²) in [7, 11) is 0. The molecule has 2 heterocycles. The number of carbonyl (C=O) groups excluding carboxylic acids is 2. The van der Waals surface area contributed by atoms with Crippen LogP contribution in [0.3, 0.4) is 0 Å². The van der Waals surface area contributed by atoms with Gasteiger partial charge in [0.05, 0.1) is 11.2 Å². The van der Waals surface area contributed by atoms with Crippen LogP contribution >= 0.6 is 11.8 Å². The molecule has 0 saturated carbocycles. The lowest BCUT2D eigenvalue weighted by molar-refractivity contribution is -0.137. The van der Waals surface area contributed by atoms with Crippen molar-refractivity contribution in [3.05, 3.63) is 40.5 Å². The number of carbonyl (C=O) groups is 3. The molecule has 1 aliphatic heterocycles. The van der Waals surface area contributed by atoms with Crippen molar-refractivity contribution in [1.82, 2.24) is 5.32 Å². The minimum atomic E-state index is -0.870. The summed E-state index contributed by atoms with van der Waals surface area (Å²) in [5.41, 5.74) is 2.21. The summed E-state index contributed by atoms with van der Waals surface area (Å²) in [4.78, 5) is 33.7. The van der Waals surface area contributed by atoms with Crippen molar-refractivity contribution >= 4 is 45.9 Å². The summed E-state index contributed by atoms with van der Waals surface area (Å²) in [5.74, 6) is -1.28. The summed E-state index contributed by atoms with van der Waals surface area (Å²) in [5, 5.41) is 11.4. The second-order valence-electron chi connectivity index (χ2n) is 4.76. The third-order valence-corrected chi connectivity index (χ3v) is 4.04. The van der Waals surface area contributed by atoms with Gasteiger partial charge in [0.1, 0.15) is 5.58 Å². The Bertz CT molecular complexity index is 820. The Hall–Kier alpha value is -2.54. The van der Waals surface area contributed by atoms with Gasteiger partial charge in [-0.1, -0.05) is 6.07 Å². The number of furan rings is 1. The lowest BCUT2D eigenvalue weighted by Crippen LogP contribution is -2.17. The van der Waals surface area contributed by atoms with Gasteiger partial charge in [-0.25, -0.2) is 0 Å². The van der Waals surface area contributed by atoms with Gasteiger partial charge >= 0.3 is 5.97 Å². The number of carboxylic acid groups (broad SMARTS) is 1. The molecule has 1 fully saturated rings. The number of amides is 2. The first-order chi connectivity index (χ1) is 10.5. The van der Waals surface area contributed by atoms with E-state index in [1.165, 1.54) is 0 Å². The molecule has 0 unspecified atom stereocenters. The Labute approximate surface area is 129 Å². The predicted octanol–water partition coefficient (Wildman–Crippen LogP) is 2.77. The first-order valence-electron chi connectivity index (χ1n) is 6.50. The monoisotopic (exact) mass is 317 g/mol. The van der Waals surface area contributed by atoms with Crippen LogP contribution in [-0.4, -0.2) is 22.2 Å². The number of hydrogen-bond donors (Lipinski definition) is 2. The molecule has 0 aliphatic carbocycles. The number of imide groups is 1. The summed E-state index contributed by atoms with van der Waals surface area (Å²) in [6, 6.07) is 5.35. The lowest BCUT2D eigenvalue weighted by Gasteiger charge is -1.98. The smallest absolute Gasteiger partial charge is 0.303 e. The second kappa shape index (κ2) is 5.69. The zero-order valence-corrected chi connectivity index (χ0v) is 12.1. The van der Waals surface area contributed by atoms with Crippen LogP contribution in [0.15, 0.2) is 33.8 Å². The molecule has 22 heavy (non-hydrogen) atoms. The molecule has 1 aromatic heterocycles. The van der Waals surface area contributed by atoms with E-state index in [0.29, 0.717) is 16.9 Å². The maximum atomic E-state index is 11.5. The van der Waals surface area contributed by atoms with Crippen molar-refractivity contribution in [2.75, 3.05) is 0 Å². The zero-order chi connectivity index (χ0) is 15.7. The largest absolute Gasteiger partial charge is 0.481 e. The number of rotatable bonds is 4. The van der Waals surface area contributed by atoms with Crippen LogP contribution in [-0.2, 0) is 16.0 Å². The standard InChI is InChI=1S/C15H11NO5S/c17-13(18)4-2-9-7-21-11-3-1-8(5-10(9)11)6-12-14(19)16-15(20)22-12/h1,3,5-7H,2,4H2,(H,17,18)(H,16,19,20)/b12-6+. The number of thioether (sulfide) groups is 1. The van der Waals surface area contributed by atoms with Crippen LogP contribution in [0.2, 0.25) is 0 Å². The summed E-state index contributed by atoms with van der Waals surface area (Å²) in [6.07, 6.45) is 3.56. The van der Waals surface area contributed by atoms with Gasteiger partial charge in [-0.15, -0.1) is 0 Å². The molecular weight excluding hydrogens is 306 g/mol. The van der Waals surface area contributed by atoms with E-state index >= 15 is 0 Å². The third-order valence-electron chi connectivity index (χ3n) is 3.23. The molecule has 0 radical (unpaired) electrons. The Morgan fingerprint density at radius 1 is 1.36 bits per heavy atom. The van der Waals surface area contributed by atoms with Gasteiger partial charge in [-0.05, 0) is 47.5 Å². The fourth-order valence-corrected chi connectivity index (χ4v) is 2.88. The molecule has 0 bridgehead atoms. The van der Waals surface area contributed by atoms with Gasteiger partial charge in [0.2, 0.25) is 0 Å². The maximum absolute atomic E-state index is 11.5. The Morgan fingerprint density at radius 3 is 2.86 bits per heavy atom. The minimum Gasteiger partial charge on any atom is -0.481 e. The zero-order valence-electron chi connectivity index (χ0n) is 11.3. The van der Waals surface area contributed by atoms with Crippen molar-refractivity contribution in [3.8, 4) is 0 Å². The minimum absolute atomic E-state index is 0.0205. The molecule has 0 spiro atoms. The highest BCUT2D eigenvalue weighted by Gasteiger charge is 2.24. The molecule has 1 saturated heterocycles. The van der Waals surface area contributed by atoms with Crippen molar-refractivity contribution in [3.63, 3.8) is 0 Å². The number of aryl methyl sites for hydroxylation is 1. The molecular formula is C15H11NO5S. The Balaban J connectivity index is 1.93. The van der Waals surface area contributed by atoms with E-state index in [1.54, 1.807) is 24.5 Å². The molecule has 2 amide bonds. The first-order valence-corrected chi connectivity index (χ1v) is 7.31. The second-order valence-corrected chi connectivity index (χ2v) is 5.78. The highest BCUT2D eigenvalue weighted by molar-refractivity contribution is 8.18. The van der Waals surface area contributed by atoms with Gasteiger partial charge in [0, 0.05) is 11.8 Å². The van der Waals surface area contributed by atoms with Crippen LogP contribution in [0.4, 0.5) is 4.79 Å². The van der Waals surface area contributed by atoms with E-state index in [4.69, 9.17) is 9.52 Å². The number of hydrogen-bond acceptors (Lipinski definition) is 5. The van der Waals surface area contributed by atoms with E-state index in [-0.39, 0.29) is 11.7 Å². The first kappa shape index (κ1) is 14.4. The average Bonchev–Trinajstić information content (AvgIpc) is 3.00. The molecule has 1 aromatic carbocycles. The number of carboxylic acids is 1. The van der Waals surface area contributed by atoms with Crippen LogP contribution in [0, 0.1) is 0 Å². The quantitative estimate of drug-likeness (QED) is 0.842. The SMILES string of the molecule is O=C(O)CCc1coc2ccc(/C=C3/SC(=O)NC3=O)cc12. The summed E-state index contributed by atoms with van der Waals surface area (Å²) < 4.78 is 5.39. The van der Waals surface area contributed by atoms with Crippen LogP contribution in [0.5, 0.6) is 0 Å². The Morgan fingerprint density at radius 2 is 2.18 bits per heavy atom. The van der Waals surface area contributed by atoms with E-state index in [0.717, 1.165) is 28.3 Å². The van der Waals surface area contributed by atoms with Crippen molar-refractivity contribution in [2.45, 2.75) is 12.8 Å². The fourth-order valence-electron chi connectivity index (χ4n) is 2.20. The molecule has 3 rings (SSSR count). The summed E-state index contributed by atoms with van der Waals surface area (Å²) in [6.45, 7) is 0. The topological polar surface area (TPSA) is 96.6 Å². The normalized spacial score (nSPS) is 16.5. The van der Waals surface area contributed by atoms with E-state index < -0.39 is 11.9 Å². The average molecular weight is 317 g/mol. The fraction of sp³-hybridized carbons (Fsp3) is 0.133. The van der Waals surface area contributed by atoms with Crippen molar-refractivity contribution in [1.29, 1.82) is 0 Å². The van der Waals surface area contributed by atoms with Gasteiger partial charge < -0.3 is 9.52 Å². The van der Waals surface area contributed by atoms with E-state index in [9.17, 15) is 14.4 Å². The summed E-state index contributed by atoms with van der Waals surface area (Å²) >= 11 is 0.855. The third kappa shape index (κ3) is 2.89. The van der Waals surface area contributed by atoms with Crippen molar-refractivity contribution in [2.24, 2.45) is 0 Å². The van der Waals surface area contributed by atoms with Gasteiger partial charge in [-0.2, -0.15) is 0 Å². The van der Waals surface area contributed by atoms with Crippen LogP contribution < -0.4 is 5.32 Å². The predicted molar refractivity (Wildman–Crippen MR) is 81.3 cm³/mol. The van der Waals surface area contributed by atoms with Gasteiger partial charge in [0.25, 0.3) is 11.1 Å². The number of fused-ring (bicyclic) bond motifs is 1.